The minimum atomic E-state index is -0.376. The van der Waals surface area contributed by atoms with Crippen LogP contribution < -0.4 is 14.2 Å². The van der Waals surface area contributed by atoms with Crippen molar-refractivity contribution in [1.82, 2.24) is 0 Å². The molecule has 0 fully saturated rings. The van der Waals surface area contributed by atoms with E-state index in [2.05, 4.69) is 4.98 Å². The van der Waals surface area contributed by atoms with Gasteiger partial charge in [-0.25, -0.2) is 0 Å². The van der Waals surface area contributed by atoms with E-state index >= 15 is 0 Å². The van der Waals surface area contributed by atoms with Crippen LogP contribution in [0.15, 0.2) is 36.2 Å². The molecule has 0 atom stereocenters. The van der Waals surface area contributed by atoms with Gasteiger partial charge < -0.3 is 19.3 Å². The van der Waals surface area contributed by atoms with Gasteiger partial charge in [0.2, 0.25) is 11.2 Å². The number of fused-ring (bicyclic) bond motifs is 2. The van der Waals surface area contributed by atoms with E-state index in [1.54, 1.807) is 18.2 Å². The summed E-state index contributed by atoms with van der Waals surface area (Å²) < 4.78 is 15.9. The fourth-order valence-corrected chi connectivity index (χ4v) is 3.35. The third-order valence-corrected chi connectivity index (χ3v) is 4.73. The Hall–Kier alpha value is -3.86. The van der Waals surface area contributed by atoms with Crippen molar-refractivity contribution >= 4 is 11.6 Å². The van der Waals surface area contributed by atoms with Crippen molar-refractivity contribution in [3.8, 4) is 17.2 Å². The molecular weight excluding hydrogens is 376 g/mol. The first kappa shape index (κ1) is 19.9. The maximum absolute atomic E-state index is 13.2. The molecule has 0 radical (unpaired) electrons. The van der Waals surface area contributed by atoms with Crippen LogP contribution in [0.4, 0.5) is 0 Å². The van der Waals surface area contributed by atoms with Crippen LogP contribution in [-0.4, -0.2) is 38.0 Å². The van der Waals surface area contributed by atoms with E-state index in [-0.39, 0.29) is 57.5 Å². The number of rotatable bonds is 6. The molecule has 8 nitrogen and oxygen atoms in total. The molecule has 0 unspecified atom stereocenters. The first-order valence-electron chi connectivity index (χ1n) is 8.73. The van der Waals surface area contributed by atoms with Crippen LogP contribution in [0.1, 0.15) is 43.8 Å². The van der Waals surface area contributed by atoms with Gasteiger partial charge in [-0.1, -0.05) is 0 Å². The molecule has 0 heterocycles. The molecule has 0 aliphatic heterocycles. The van der Waals surface area contributed by atoms with Crippen LogP contribution in [0, 0.1) is 5.39 Å². The number of benzene rings is 2. The Morgan fingerprint density at radius 3 is 2.17 bits per heavy atom. The molecule has 0 saturated carbocycles. The number of hydrogen-bond donors (Lipinski definition) is 1. The van der Waals surface area contributed by atoms with Crippen molar-refractivity contribution in [2.75, 3.05) is 21.3 Å². The van der Waals surface area contributed by atoms with Gasteiger partial charge in [-0.15, -0.1) is 0 Å². The maximum Gasteiger partial charge on any atom is 0.387 e. The Morgan fingerprint density at radius 1 is 0.966 bits per heavy atom. The van der Waals surface area contributed by atoms with Crippen molar-refractivity contribution in [3.05, 3.63) is 69.0 Å². The molecule has 8 heteroatoms. The van der Waals surface area contributed by atoms with Crippen molar-refractivity contribution in [1.29, 1.82) is 5.39 Å². The van der Waals surface area contributed by atoms with Crippen molar-refractivity contribution in [2.24, 2.45) is 0 Å². The number of carbonyl (C=O) groups excluding carboxylic acids is 2. The van der Waals surface area contributed by atoms with E-state index in [0.29, 0.717) is 17.7 Å². The van der Waals surface area contributed by atoms with Gasteiger partial charge in [-0.05, 0) is 30.2 Å². The Morgan fingerprint density at radius 2 is 1.59 bits per heavy atom. The standard InChI is InChI=1S/C21H18N2O6/c1-27-13-8-15-19(17(9-13)29-3)21(26)18-14(20(15)25)6-11(7-16(18)28-2)4-5-12(24)10-23-22/h6-10H,4-5H2,1-3H3/p+1/b12-10-. The molecule has 0 bridgehead atoms. The zero-order chi connectivity index (χ0) is 21.1. The summed E-state index contributed by atoms with van der Waals surface area (Å²) >= 11 is 0. The highest BCUT2D eigenvalue weighted by Crippen LogP contribution is 2.40. The minimum absolute atomic E-state index is 0.119. The smallest absolute Gasteiger partial charge is 0.387 e. The van der Waals surface area contributed by atoms with Crippen molar-refractivity contribution < 1.29 is 28.9 Å². The fraction of sp³-hybridized carbons (Fsp3) is 0.238. The molecular formula is C21H19N2O6+. The second kappa shape index (κ2) is 8.02. The van der Waals surface area contributed by atoms with E-state index in [1.165, 1.54) is 27.4 Å². The zero-order valence-corrected chi connectivity index (χ0v) is 16.2. The summed E-state index contributed by atoms with van der Waals surface area (Å²) in [5.74, 6) is 0.0610. The van der Waals surface area contributed by atoms with Gasteiger partial charge >= 0.3 is 6.20 Å². The molecule has 2 aromatic rings. The molecule has 0 aromatic heterocycles. The monoisotopic (exact) mass is 395 g/mol. The normalized spacial score (nSPS) is 12.7. The van der Waals surface area contributed by atoms with Crippen molar-refractivity contribution in [2.45, 2.75) is 12.8 Å². The first-order valence-corrected chi connectivity index (χ1v) is 8.73. The lowest BCUT2D eigenvalue weighted by molar-refractivity contribution is 0.0973. The highest BCUT2D eigenvalue weighted by atomic mass is 16.5. The maximum atomic E-state index is 13.2. The van der Waals surface area contributed by atoms with Gasteiger partial charge in [0.05, 0.1) is 32.5 Å². The first-order chi connectivity index (χ1) is 13.9. The van der Waals surface area contributed by atoms with Gasteiger partial charge in [-0.2, -0.15) is 0 Å². The SMILES string of the molecule is COc1cc(OC)c2c(c1)C(=O)c1cc(CC/C(O)=C/[N+]#N)cc(OC)c1C2=O. The fourth-order valence-electron chi connectivity index (χ4n) is 3.35. The number of hydrogen-bond acceptors (Lipinski definition) is 7. The lowest BCUT2D eigenvalue weighted by Crippen LogP contribution is -2.23. The van der Waals surface area contributed by atoms with Crippen LogP contribution >= 0.6 is 0 Å². The molecule has 0 saturated heterocycles. The van der Waals surface area contributed by atoms with Gasteiger partial charge in [-0.3, -0.25) is 9.59 Å². The number of aliphatic hydroxyl groups is 1. The van der Waals surface area contributed by atoms with E-state index in [1.807, 2.05) is 0 Å². The summed E-state index contributed by atoms with van der Waals surface area (Å²) in [5.41, 5.74) is 1.42. The quantitative estimate of drug-likeness (QED) is 0.501. The summed E-state index contributed by atoms with van der Waals surface area (Å²) in [5, 5.41) is 18.1. The number of ether oxygens (including phenoxy) is 3. The summed E-state index contributed by atoms with van der Waals surface area (Å²) in [7, 11) is 4.30. The molecule has 29 heavy (non-hydrogen) atoms. The molecule has 0 spiro atoms. The summed E-state index contributed by atoms with van der Waals surface area (Å²) in [6.07, 6.45) is 1.46. The molecule has 1 aliphatic rings. The number of methoxy groups -OCH3 is 3. The molecule has 2 aromatic carbocycles. The predicted molar refractivity (Wildman–Crippen MR) is 104 cm³/mol. The molecule has 0 amide bonds. The number of nitrogens with zero attached hydrogens (tertiary/aromatic N) is 2. The predicted octanol–water partition coefficient (Wildman–Crippen LogP) is 3.67. The van der Waals surface area contributed by atoms with Gasteiger partial charge in [0.1, 0.15) is 17.2 Å². The molecule has 148 valence electrons. The van der Waals surface area contributed by atoms with Crippen LogP contribution in [0.3, 0.4) is 0 Å². The van der Waals surface area contributed by atoms with Crippen LogP contribution in [0.5, 0.6) is 17.2 Å². The summed E-state index contributed by atoms with van der Waals surface area (Å²) in [4.78, 5) is 29.2. The van der Waals surface area contributed by atoms with E-state index in [9.17, 15) is 14.7 Å². The zero-order valence-electron chi connectivity index (χ0n) is 16.2. The molecule has 3 rings (SSSR count). The summed E-state index contributed by atoms with van der Waals surface area (Å²) in [6.45, 7) is 0. The van der Waals surface area contributed by atoms with Crippen LogP contribution in [0.2, 0.25) is 0 Å². The lowest BCUT2D eigenvalue weighted by atomic mass is 9.81. The van der Waals surface area contributed by atoms with E-state index < -0.39 is 0 Å². The second-order valence-corrected chi connectivity index (χ2v) is 6.37. The number of aryl methyl sites for hydroxylation is 1. The number of ketones is 2. The van der Waals surface area contributed by atoms with Gasteiger partial charge in [0.25, 0.3) is 0 Å². The Bertz CT molecular complexity index is 1080. The highest BCUT2D eigenvalue weighted by Gasteiger charge is 2.36. The summed E-state index contributed by atoms with van der Waals surface area (Å²) in [6, 6.07) is 6.32. The molecule has 1 N–H and O–H groups in total. The van der Waals surface area contributed by atoms with E-state index in [4.69, 9.17) is 19.6 Å². The van der Waals surface area contributed by atoms with Crippen molar-refractivity contribution in [3.63, 3.8) is 0 Å². The van der Waals surface area contributed by atoms with E-state index in [0.717, 1.165) is 6.20 Å². The molecule has 1 aliphatic carbocycles. The van der Waals surface area contributed by atoms with Gasteiger partial charge in [0.15, 0.2) is 16.5 Å². The minimum Gasteiger partial charge on any atom is -0.505 e. The third kappa shape index (κ3) is 3.50. The average molecular weight is 395 g/mol. The lowest BCUT2D eigenvalue weighted by Gasteiger charge is -2.23. The topological polar surface area (TPSA) is 110 Å². The van der Waals surface area contributed by atoms with Crippen LogP contribution in [0.25, 0.3) is 4.98 Å². The van der Waals surface area contributed by atoms with Gasteiger partial charge in [0, 0.05) is 23.6 Å². The number of carbonyl (C=O) groups is 2. The second-order valence-electron chi connectivity index (χ2n) is 6.37. The Kier molecular flexibility index (Phi) is 5.50. The largest absolute Gasteiger partial charge is 0.505 e. The number of diazo groups is 1. The Balaban J connectivity index is 2.14. The highest BCUT2D eigenvalue weighted by molar-refractivity contribution is 6.30. The number of allylic oxidation sites excluding steroid dienone is 1. The van der Waals surface area contributed by atoms with Crippen LogP contribution in [-0.2, 0) is 6.42 Å². The number of aliphatic hydroxyl groups excluding tert-OH is 1. The average Bonchev–Trinajstić information content (AvgIpc) is 2.74. The third-order valence-electron chi connectivity index (χ3n) is 4.73. The Labute approximate surface area is 166 Å².